The molecule has 0 saturated heterocycles. The molecule has 0 atom stereocenters. The maximum absolute atomic E-state index is 5.51. The molecule has 0 saturated carbocycles. The van der Waals surface area contributed by atoms with Gasteiger partial charge in [0.05, 0.1) is 17.6 Å². The summed E-state index contributed by atoms with van der Waals surface area (Å²) in [6.07, 6.45) is 4.12. The van der Waals surface area contributed by atoms with Gasteiger partial charge in [0.2, 0.25) is 0 Å². The number of aromatic nitrogens is 1. The van der Waals surface area contributed by atoms with Crippen LogP contribution < -0.4 is 10.6 Å². The van der Waals surface area contributed by atoms with Crippen LogP contribution in [0.1, 0.15) is 32.4 Å². The number of thiocarbonyl (C=S) groups is 1. The SMILES string of the molecule is CCCN(CCC)c1ccc(C(N)=S)nc1. The zero-order valence-corrected chi connectivity index (χ0v) is 10.8. The number of anilines is 1. The van der Waals surface area contributed by atoms with Crippen LogP contribution in [-0.4, -0.2) is 23.1 Å². The summed E-state index contributed by atoms with van der Waals surface area (Å²) in [5.41, 5.74) is 7.34. The molecule has 0 radical (unpaired) electrons. The third kappa shape index (κ3) is 3.45. The van der Waals surface area contributed by atoms with E-state index in [0.717, 1.165) is 31.6 Å². The van der Waals surface area contributed by atoms with Gasteiger partial charge in [0.25, 0.3) is 0 Å². The Morgan fingerprint density at radius 3 is 2.31 bits per heavy atom. The fourth-order valence-corrected chi connectivity index (χ4v) is 1.75. The predicted octanol–water partition coefficient (Wildman–Crippen LogP) is 2.34. The molecule has 0 aliphatic heterocycles. The van der Waals surface area contributed by atoms with E-state index in [1.54, 1.807) is 0 Å². The lowest BCUT2D eigenvalue weighted by molar-refractivity contribution is 0.743. The third-order valence-electron chi connectivity index (χ3n) is 2.35. The van der Waals surface area contributed by atoms with E-state index >= 15 is 0 Å². The molecule has 1 aromatic rings. The number of pyridine rings is 1. The Morgan fingerprint density at radius 1 is 1.31 bits per heavy atom. The molecule has 0 spiro atoms. The lowest BCUT2D eigenvalue weighted by atomic mass is 10.2. The van der Waals surface area contributed by atoms with Gasteiger partial charge in [-0.25, -0.2) is 0 Å². The molecular weight excluding hydrogens is 218 g/mol. The standard InChI is InChI=1S/C12H19N3S/c1-3-7-15(8-4-2)10-5-6-11(12(13)16)14-9-10/h5-6,9H,3-4,7-8H2,1-2H3,(H2,13,16). The summed E-state index contributed by atoms with van der Waals surface area (Å²) in [7, 11) is 0. The summed E-state index contributed by atoms with van der Waals surface area (Å²) >= 11 is 4.88. The first-order valence-corrected chi connectivity index (χ1v) is 6.10. The molecule has 0 amide bonds. The van der Waals surface area contributed by atoms with Gasteiger partial charge in [-0.1, -0.05) is 26.1 Å². The van der Waals surface area contributed by atoms with Gasteiger partial charge >= 0.3 is 0 Å². The van der Waals surface area contributed by atoms with Crippen LogP contribution in [0.15, 0.2) is 18.3 Å². The van der Waals surface area contributed by atoms with Crippen LogP contribution in [0.2, 0.25) is 0 Å². The lowest BCUT2D eigenvalue weighted by Gasteiger charge is -2.23. The minimum absolute atomic E-state index is 0.351. The maximum Gasteiger partial charge on any atom is 0.122 e. The molecule has 0 aliphatic carbocycles. The van der Waals surface area contributed by atoms with Crippen LogP contribution in [0.4, 0.5) is 5.69 Å². The van der Waals surface area contributed by atoms with E-state index in [9.17, 15) is 0 Å². The molecular formula is C12H19N3S. The van der Waals surface area contributed by atoms with Crippen molar-refractivity contribution in [2.75, 3.05) is 18.0 Å². The van der Waals surface area contributed by atoms with Crippen molar-refractivity contribution in [3.05, 3.63) is 24.0 Å². The number of hydrogen-bond donors (Lipinski definition) is 1. The molecule has 0 bridgehead atoms. The van der Waals surface area contributed by atoms with Gasteiger partial charge in [-0.2, -0.15) is 0 Å². The number of nitrogens with two attached hydrogens (primary N) is 1. The topological polar surface area (TPSA) is 42.1 Å². The van der Waals surface area contributed by atoms with Crippen LogP contribution in [-0.2, 0) is 0 Å². The second-order valence-corrected chi connectivity index (χ2v) is 4.19. The number of hydrogen-bond acceptors (Lipinski definition) is 3. The van der Waals surface area contributed by atoms with E-state index in [-0.39, 0.29) is 0 Å². The second kappa shape index (κ2) is 6.43. The van der Waals surface area contributed by atoms with E-state index in [0.29, 0.717) is 10.7 Å². The van der Waals surface area contributed by atoms with Gasteiger partial charge in [0.1, 0.15) is 4.99 Å². The summed E-state index contributed by atoms with van der Waals surface area (Å²) in [6, 6.07) is 3.92. The highest BCUT2D eigenvalue weighted by atomic mass is 32.1. The molecule has 2 N–H and O–H groups in total. The number of rotatable bonds is 6. The Hall–Kier alpha value is -1.16. The van der Waals surface area contributed by atoms with E-state index in [2.05, 4.69) is 23.7 Å². The van der Waals surface area contributed by atoms with Crippen LogP contribution in [0.25, 0.3) is 0 Å². The minimum Gasteiger partial charge on any atom is -0.388 e. The van der Waals surface area contributed by atoms with Crippen molar-refractivity contribution in [1.29, 1.82) is 0 Å². The van der Waals surface area contributed by atoms with Crippen molar-refractivity contribution in [2.24, 2.45) is 5.73 Å². The van der Waals surface area contributed by atoms with Gasteiger partial charge in [0, 0.05) is 13.1 Å². The van der Waals surface area contributed by atoms with Crippen LogP contribution in [0.3, 0.4) is 0 Å². The number of nitrogens with zero attached hydrogens (tertiary/aromatic N) is 2. The van der Waals surface area contributed by atoms with Crippen LogP contribution in [0, 0.1) is 0 Å². The molecule has 0 aliphatic rings. The van der Waals surface area contributed by atoms with Gasteiger partial charge in [-0.3, -0.25) is 4.98 Å². The molecule has 16 heavy (non-hydrogen) atoms. The van der Waals surface area contributed by atoms with E-state index < -0.39 is 0 Å². The van der Waals surface area contributed by atoms with Crippen LogP contribution in [0.5, 0.6) is 0 Å². The molecule has 1 rings (SSSR count). The normalized spacial score (nSPS) is 10.1. The van der Waals surface area contributed by atoms with Crippen LogP contribution >= 0.6 is 12.2 Å². The molecule has 0 aromatic carbocycles. The minimum atomic E-state index is 0.351. The molecule has 1 heterocycles. The first-order chi connectivity index (χ1) is 7.69. The fraction of sp³-hybridized carbons (Fsp3) is 0.500. The molecule has 0 fully saturated rings. The summed E-state index contributed by atoms with van der Waals surface area (Å²) < 4.78 is 0. The zero-order chi connectivity index (χ0) is 12.0. The van der Waals surface area contributed by atoms with Gasteiger partial charge in [-0.05, 0) is 25.0 Å². The molecule has 1 aromatic heterocycles. The molecule has 4 heteroatoms. The average Bonchev–Trinajstić information content (AvgIpc) is 2.29. The highest BCUT2D eigenvalue weighted by Crippen LogP contribution is 2.14. The first kappa shape index (κ1) is 12.9. The van der Waals surface area contributed by atoms with Crippen molar-refractivity contribution in [2.45, 2.75) is 26.7 Å². The fourth-order valence-electron chi connectivity index (χ4n) is 1.63. The lowest BCUT2D eigenvalue weighted by Crippen LogP contribution is -2.25. The van der Waals surface area contributed by atoms with E-state index in [4.69, 9.17) is 18.0 Å². The molecule has 3 nitrogen and oxygen atoms in total. The summed E-state index contributed by atoms with van der Waals surface area (Å²) in [6.45, 7) is 6.48. The summed E-state index contributed by atoms with van der Waals surface area (Å²) in [5, 5.41) is 0. The Morgan fingerprint density at radius 2 is 1.94 bits per heavy atom. The van der Waals surface area contributed by atoms with E-state index in [1.165, 1.54) is 0 Å². The highest BCUT2D eigenvalue weighted by molar-refractivity contribution is 7.80. The van der Waals surface area contributed by atoms with Crippen molar-refractivity contribution in [3.63, 3.8) is 0 Å². The monoisotopic (exact) mass is 237 g/mol. The zero-order valence-electron chi connectivity index (χ0n) is 9.94. The van der Waals surface area contributed by atoms with Crippen molar-refractivity contribution >= 4 is 22.9 Å². The smallest absolute Gasteiger partial charge is 0.122 e. The summed E-state index contributed by atoms with van der Waals surface area (Å²) in [5.74, 6) is 0. The predicted molar refractivity (Wildman–Crippen MR) is 72.9 cm³/mol. The molecule has 0 unspecified atom stereocenters. The Balaban J connectivity index is 2.80. The first-order valence-electron chi connectivity index (χ1n) is 5.69. The Bertz CT molecular complexity index is 329. The average molecular weight is 237 g/mol. The third-order valence-corrected chi connectivity index (χ3v) is 2.56. The van der Waals surface area contributed by atoms with Gasteiger partial charge in [0.15, 0.2) is 0 Å². The highest BCUT2D eigenvalue weighted by Gasteiger charge is 2.05. The Labute approximate surface area is 103 Å². The quantitative estimate of drug-likeness (QED) is 0.771. The largest absolute Gasteiger partial charge is 0.388 e. The molecule has 88 valence electrons. The second-order valence-electron chi connectivity index (χ2n) is 3.75. The van der Waals surface area contributed by atoms with E-state index in [1.807, 2.05) is 18.3 Å². The van der Waals surface area contributed by atoms with Crippen molar-refractivity contribution in [1.82, 2.24) is 4.98 Å². The van der Waals surface area contributed by atoms with Gasteiger partial charge in [-0.15, -0.1) is 0 Å². The Kier molecular flexibility index (Phi) is 5.19. The van der Waals surface area contributed by atoms with Gasteiger partial charge < -0.3 is 10.6 Å². The van der Waals surface area contributed by atoms with Crippen molar-refractivity contribution in [3.8, 4) is 0 Å². The maximum atomic E-state index is 5.51. The van der Waals surface area contributed by atoms with Crippen molar-refractivity contribution < 1.29 is 0 Å². The summed E-state index contributed by atoms with van der Waals surface area (Å²) in [4.78, 5) is 6.94.